The molecule has 0 bridgehead atoms. The zero-order valence-electron chi connectivity index (χ0n) is 8.04. The minimum Gasteiger partial charge on any atom is -0.481 e. The van der Waals surface area contributed by atoms with Crippen LogP contribution in [0.15, 0.2) is 0 Å². The Balaban J connectivity index is 3.42. The molecule has 0 aromatic carbocycles. The SMILES string of the molecule is CNN(C)C(=O)CCCCC(=O)O. The first-order valence-electron chi connectivity index (χ1n) is 4.23. The standard InChI is InChI=1S/C8H16N2O3/c1-9-10(2)7(11)5-3-4-6-8(12)13/h9H,3-6H2,1-2H3,(H,12,13). The van der Waals surface area contributed by atoms with Crippen LogP contribution in [0.3, 0.4) is 0 Å². The summed E-state index contributed by atoms with van der Waals surface area (Å²) in [6.07, 6.45) is 1.71. The molecule has 0 spiro atoms. The number of carbonyl (C=O) groups excluding carboxylic acids is 1. The van der Waals surface area contributed by atoms with Crippen molar-refractivity contribution < 1.29 is 14.7 Å². The number of carboxylic acid groups (broad SMARTS) is 1. The highest BCUT2D eigenvalue weighted by molar-refractivity contribution is 5.75. The monoisotopic (exact) mass is 188 g/mol. The number of hydrogen-bond donors (Lipinski definition) is 2. The van der Waals surface area contributed by atoms with Gasteiger partial charge in [0.1, 0.15) is 0 Å². The molecule has 0 rings (SSSR count). The molecule has 0 aromatic heterocycles. The Morgan fingerprint density at radius 3 is 2.31 bits per heavy atom. The first kappa shape index (κ1) is 11.9. The summed E-state index contributed by atoms with van der Waals surface area (Å²) in [5.74, 6) is -0.831. The first-order chi connectivity index (χ1) is 6.07. The molecule has 0 fully saturated rings. The van der Waals surface area contributed by atoms with Gasteiger partial charge in [0.2, 0.25) is 5.91 Å². The van der Waals surface area contributed by atoms with Crippen LogP contribution in [0.1, 0.15) is 25.7 Å². The molecule has 0 radical (unpaired) electrons. The maximum atomic E-state index is 11.1. The van der Waals surface area contributed by atoms with Gasteiger partial charge in [-0.15, -0.1) is 0 Å². The van der Waals surface area contributed by atoms with E-state index in [1.165, 1.54) is 5.01 Å². The van der Waals surface area contributed by atoms with E-state index in [1.54, 1.807) is 14.1 Å². The molecule has 2 N–H and O–H groups in total. The van der Waals surface area contributed by atoms with Crippen LogP contribution in [-0.4, -0.2) is 36.1 Å². The van der Waals surface area contributed by atoms with Crippen LogP contribution in [0.2, 0.25) is 0 Å². The van der Waals surface area contributed by atoms with Crippen LogP contribution >= 0.6 is 0 Å². The highest BCUT2D eigenvalue weighted by atomic mass is 16.4. The Hall–Kier alpha value is -1.10. The number of unbranched alkanes of at least 4 members (excludes halogenated alkanes) is 1. The predicted octanol–water partition coefficient (Wildman–Crippen LogP) is 0.224. The van der Waals surface area contributed by atoms with Crippen molar-refractivity contribution in [3.8, 4) is 0 Å². The van der Waals surface area contributed by atoms with Gasteiger partial charge in [0, 0.05) is 26.9 Å². The molecule has 0 aliphatic rings. The minimum atomic E-state index is -0.811. The minimum absolute atomic E-state index is 0.0205. The number of hydrogen-bond acceptors (Lipinski definition) is 3. The summed E-state index contributed by atoms with van der Waals surface area (Å²) in [4.78, 5) is 21.3. The number of carbonyl (C=O) groups is 2. The molecule has 0 unspecified atom stereocenters. The summed E-state index contributed by atoms with van der Waals surface area (Å²) in [6, 6.07) is 0. The van der Waals surface area contributed by atoms with E-state index >= 15 is 0 Å². The lowest BCUT2D eigenvalue weighted by Crippen LogP contribution is -2.36. The van der Waals surface area contributed by atoms with Crippen LogP contribution in [-0.2, 0) is 9.59 Å². The molecule has 13 heavy (non-hydrogen) atoms. The van der Waals surface area contributed by atoms with Crippen molar-refractivity contribution in [2.24, 2.45) is 0 Å². The quantitative estimate of drug-likeness (QED) is 0.462. The molecular weight excluding hydrogens is 172 g/mol. The van der Waals surface area contributed by atoms with Gasteiger partial charge in [-0.25, -0.2) is 5.43 Å². The Labute approximate surface area is 77.7 Å². The van der Waals surface area contributed by atoms with Crippen LogP contribution < -0.4 is 5.43 Å². The average molecular weight is 188 g/mol. The van der Waals surface area contributed by atoms with Gasteiger partial charge in [-0.3, -0.25) is 14.6 Å². The van der Waals surface area contributed by atoms with Crippen molar-refractivity contribution in [2.75, 3.05) is 14.1 Å². The fourth-order valence-electron chi connectivity index (χ4n) is 0.845. The summed E-state index contributed by atoms with van der Waals surface area (Å²) >= 11 is 0. The number of nitrogens with one attached hydrogen (secondary N) is 1. The third-order valence-corrected chi connectivity index (χ3v) is 1.74. The van der Waals surface area contributed by atoms with Crippen LogP contribution in [0, 0.1) is 0 Å². The van der Waals surface area contributed by atoms with E-state index in [4.69, 9.17) is 5.11 Å². The Kier molecular flexibility index (Phi) is 5.88. The second-order valence-corrected chi connectivity index (χ2v) is 2.78. The van der Waals surface area contributed by atoms with Crippen molar-refractivity contribution in [3.05, 3.63) is 0 Å². The molecular formula is C8H16N2O3. The molecule has 0 saturated carbocycles. The van der Waals surface area contributed by atoms with Crippen molar-refractivity contribution in [3.63, 3.8) is 0 Å². The van der Waals surface area contributed by atoms with Gasteiger partial charge in [0.15, 0.2) is 0 Å². The maximum absolute atomic E-state index is 11.1. The molecule has 0 aromatic rings. The average Bonchev–Trinajstić information content (AvgIpc) is 2.10. The van der Waals surface area contributed by atoms with E-state index in [-0.39, 0.29) is 12.3 Å². The Bertz CT molecular complexity index is 182. The summed E-state index contributed by atoms with van der Waals surface area (Å²) in [5.41, 5.74) is 2.68. The summed E-state index contributed by atoms with van der Waals surface area (Å²) in [6.45, 7) is 0. The molecule has 0 aliphatic carbocycles. The summed E-state index contributed by atoms with van der Waals surface area (Å²) in [7, 11) is 3.30. The van der Waals surface area contributed by atoms with Gasteiger partial charge >= 0.3 is 5.97 Å². The highest BCUT2D eigenvalue weighted by Crippen LogP contribution is 2.01. The number of hydrazine groups is 1. The van der Waals surface area contributed by atoms with Crippen LogP contribution in [0.5, 0.6) is 0 Å². The zero-order valence-corrected chi connectivity index (χ0v) is 8.04. The number of amides is 1. The van der Waals surface area contributed by atoms with Crippen molar-refractivity contribution in [1.82, 2.24) is 10.4 Å². The number of rotatable bonds is 6. The highest BCUT2D eigenvalue weighted by Gasteiger charge is 2.06. The van der Waals surface area contributed by atoms with Gasteiger partial charge in [-0.1, -0.05) is 0 Å². The first-order valence-corrected chi connectivity index (χ1v) is 4.23. The van der Waals surface area contributed by atoms with Crippen molar-refractivity contribution in [1.29, 1.82) is 0 Å². The third-order valence-electron chi connectivity index (χ3n) is 1.74. The third kappa shape index (κ3) is 6.10. The fraction of sp³-hybridized carbons (Fsp3) is 0.750. The summed E-state index contributed by atoms with van der Waals surface area (Å²) < 4.78 is 0. The van der Waals surface area contributed by atoms with Crippen molar-refractivity contribution >= 4 is 11.9 Å². The normalized spacial score (nSPS) is 9.69. The predicted molar refractivity (Wildman–Crippen MR) is 47.9 cm³/mol. The van der Waals surface area contributed by atoms with Crippen LogP contribution in [0.4, 0.5) is 0 Å². The van der Waals surface area contributed by atoms with E-state index in [0.29, 0.717) is 19.3 Å². The lowest BCUT2D eigenvalue weighted by molar-refractivity contribution is -0.137. The molecule has 0 saturated heterocycles. The molecule has 0 aliphatic heterocycles. The largest absolute Gasteiger partial charge is 0.481 e. The van der Waals surface area contributed by atoms with Gasteiger partial charge in [0.25, 0.3) is 0 Å². The second kappa shape index (κ2) is 6.42. The molecule has 76 valence electrons. The van der Waals surface area contributed by atoms with Gasteiger partial charge < -0.3 is 5.11 Å². The Morgan fingerprint density at radius 1 is 1.31 bits per heavy atom. The van der Waals surface area contributed by atoms with E-state index in [0.717, 1.165) is 0 Å². The topological polar surface area (TPSA) is 69.6 Å². The van der Waals surface area contributed by atoms with Crippen LogP contribution in [0.25, 0.3) is 0 Å². The van der Waals surface area contributed by atoms with Gasteiger partial charge in [-0.05, 0) is 12.8 Å². The number of nitrogens with zero attached hydrogens (tertiary/aromatic N) is 1. The number of aliphatic carboxylic acids is 1. The smallest absolute Gasteiger partial charge is 0.303 e. The van der Waals surface area contributed by atoms with E-state index in [2.05, 4.69) is 5.43 Å². The summed E-state index contributed by atoms with van der Waals surface area (Å²) in [5, 5.41) is 9.72. The van der Waals surface area contributed by atoms with E-state index in [1.807, 2.05) is 0 Å². The fourth-order valence-corrected chi connectivity index (χ4v) is 0.845. The number of carboxylic acids is 1. The lowest BCUT2D eigenvalue weighted by atomic mass is 10.2. The lowest BCUT2D eigenvalue weighted by Gasteiger charge is -2.14. The van der Waals surface area contributed by atoms with E-state index < -0.39 is 5.97 Å². The molecule has 0 atom stereocenters. The van der Waals surface area contributed by atoms with Crippen molar-refractivity contribution in [2.45, 2.75) is 25.7 Å². The Morgan fingerprint density at radius 2 is 1.85 bits per heavy atom. The molecule has 1 amide bonds. The van der Waals surface area contributed by atoms with Gasteiger partial charge in [0.05, 0.1) is 0 Å². The maximum Gasteiger partial charge on any atom is 0.303 e. The van der Waals surface area contributed by atoms with E-state index in [9.17, 15) is 9.59 Å². The zero-order chi connectivity index (χ0) is 10.3. The molecule has 0 heterocycles. The molecule has 5 heteroatoms. The molecule has 5 nitrogen and oxygen atoms in total. The van der Waals surface area contributed by atoms with Gasteiger partial charge in [-0.2, -0.15) is 0 Å². The second-order valence-electron chi connectivity index (χ2n) is 2.78.